The number of hydrogen-bond acceptors (Lipinski definition) is 8. The second-order valence-electron chi connectivity index (χ2n) is 12.5. The van der Waals surface area contributed by atoms with Crippen LogP contribution in [0.3, 0.4) is 0 Å². The lowest BCUT2D eigenvalue weighted by molar-refractivity contribution is -0.163. The molecule has 0 saturated carbocycles. The maximum absolute atomic E-state index is 13.3. The van der Waals surface area contributed by atoms with Crippen molar-refractivity contribution in [2.75, 3.05) is 19.7 Å². The van der Waals surface area contributed by atoms with Gasteiger partial charge in [0.15, 0.2) is 0 Å². The first kappa shape index (κ1) is 34.2. The summed E-state index contributed by atoms with van der Waals surface area (Å²) in [6, 6.07) is 5.08. The fraction of sp³-hybridized carbons (Fsp3) is 0.667. The van der Waals surface area contributed by atoms with Crippen molar-refractivity contribution in [1.29, 1.82) is 0 Å². The highest BCUT2D eigenvalue weighted by atomic mass is 16.6. The molecular formula is C33H49N3O7. The van der Waals surface area contributed by atoms with E-state index in [1.807, 2.05) is 0 Å². The molecule has 43 heavy (non-hydrogen) atoms. The van der Waals surface area contributed by atoms with Gasteiger partial charge in [-0.2, -0.15) is 0 Å². The zero-order chi connectivity index (χ0) is 31.6. The number of imide groups is 1. The van der Waals surface area contributed by atoms with Crippen molar-refractivity contribution in [2.45, 2.75) is 123 Å². The van der Waals surface area contributed by atoms with Gasteiger partial charge < -0.3 is 14.4 Å². The third kappa shape index (κ3) is 9.61. The molecular weight excluding hydrogens is 550 g/mol. The van der Waals surface area contributed by atoms with Gasteiger partial charge in [-0.1, -0.05) is 50.7 Å². The summed E-state index contributed by atoms with van der Waals surface area (Å²) >= 11 is 0. The molecule has 2 aliphatic heterocycles. The van der Waals surface area contributed by atoms with Crippen molar-refractivity contribution < 1.29 is 33.4 Å². The Bertz CT molecular complexity index is 1110. The molecule has 238 valence electrons. The molecule has 2 aliphatic rings. The van der Waals surface area contributed by atoms with Crippen LogP contribution in [0.2, 0.25) is 0 Å². The fourth-order valence-electron chi connectivity index (χ4n) is 5.72. The van der Waals surface area contributed by atoms with Crippen LogP contribution in [0.25, 0.3) is 0 Å². The minimum absolute atomic E-state index is 0.204. The van der Waals surface area contributed by atoms with Crippen molar-refractivity contribution in [2.24, 2.45) is 0 Å². The van der Waals surface area contributed by atoms with Crippen LogP contribution in [0.15, 0.2) is 24.3 Å². The Morgan fingerprint density at radius 2 is 1.53 bits per heavy atom. The van der Waals surface area contributed by atoms with Crippen LogP contribution in [0.1, 0.15) is 120 Å². The molecule has 3 amide bonds. The van der Waals surface area contributed by atoms with Crippen molar-refractivity contribution in [3.63, 3.8) is 0 Å². The van der Waals surface area contributed by atoms with Crippen LogP contribution in [0, 0.1) is 0 Å². The standard InChI is InChI=1S/C33H49N3O7/c1-6-42-31(40)26(34-23(2)28(37)35-22-16-20-27(35)32(41)43-33(3,4)5)19-12-10-8-7-9-11-15-21-36-29(38)24-17-13-14-18-25(24)30(36)39/h13-14,17-18,23,26-27,34H,6-12,15-16,19-22H2,1-5H3/t23-,26-,27-/m0/s1. The van der Waals surface area contributed by atoms with E-state index in [2.05, 4.69) is 5.32 Å². The average Bonchev–Trinajstić information content (AvgIpc) is 3.54. The third-order valence-electron chi connectivity index (χ3n) is 7.86. The smallest absolute Gasteiger partial charge is 0.329 e. The molecule has 0 aliphatic carbocycles. The molecule has 0 aromatic heterocycles. The number of amides is 3. The lowest BCUT2D eigenvalue weighted by Crippen LogP contribution is -2.53. The van der Waals surface area contributed by atoms with E-state index in [0.29, 0.717) is 37.1 Å². The molecule has 0 radical (unpaired) electrons. The molecule has 3 atom stereocenters. The van der Waals surface area contributed by atoms with E-state index in [1.165, 1.54) is 4.90 Å². The van der Waals surface area contributed by atoms with Crippen LogP contribution >= 0.6 is 0 Å². The predicted octanol–water partition coefficient (Wildman–Crippen LogP) is 4.65. The van der Waals surface area contributed by atoms with Crippen molar-refractivity contribution in [1.82, 2.24) is 15.1 Å². The van der Waals surface area contributed by atoms with Gasteiger partial charge in [0.2, 0.25) is 5.91 Å². The topological polar surface area (TPSA) is 122 Å². The molecule has 0 spiro atoms. The first-order valence-corrected chi connectivity index (χ1v) is 15.9. The number of benzene rings is 1. The summed E-state index contributed by atoms with van der Waals surface area (Å²) in [4.78, 5) is 66.5. The summed E-state index contributed by atoms with van der Waals surface area (Å²) in [6.07, 6.45) is 8.32. The van der Waals surface area contributed by atoms with Crippen molar-refractivity contribution in [3.8, 4) is 0 Å². The molecule has 1 fully saturated rings. The zero-order valence-electron chi connectivity index (χ0n) is 26.5. The van der Waals surface area contributed by atoms with E-state index in [4.69, 9.17) is 9.47 Å². The average molecular weight is 600 g/mol. The number of likely N-dealkylation sites (tertiary alicyclic amines) is 1. The lowest BCUT2D eigenvalue weighted by Gasteiger charge is -2.30. The Morgan fingerprint density at radius 3 is 2.12 bits per heavy atom. The summed E-state index contributed by atoms with van der Waals surface area (Å²) in [5.74, 6) is -1.39. The molecule has 1 saturated heterocycles. The molecule has 2 heterocycles. The van der Waals surface area contributed by atoms with Gasteiger partial charge in [0.1, 0.15) is 17.7 Å². The van der Waals surface area contributed by atoms with E-state index < -0.39 is 29.7 Å². The summed E-state index contributed by atoms with van der Waals surface area (Å²) in [7, 11) is 0. The van der Waals surface area contributed by atoms with Gasteiger partial charge >= 0.3 is 11.9 Å². The Morgan fingerprint density at radius 1 is 0.953 bits per heavy atom. The van der Waals surface area contributed by atoms with Gasteiger partial charge in [0.25, 0.3) is 11.8 Å². The first-order chi connectivity index (χ1) is 20.4. The number of nitrogens with one attached hydrogen (secondary N) is 1. The van der Waals surface area contributed by atoms with E-state index in [1.54, 1.807) is 63.8 Å². The molecule has 10 nitrogen and oxygen atoms in total. The summed E-state index contributed by atoms with van der Waals surface area (Å²) < 4.78 is 10.8. The minimum Gasteiger partial charge on any atom is -0.465 e. The number of carbonyl (C=O) groups excluding carboxylic acids is 5. The molecule has 10 heteroatoms. The minimum atomic E-state index is -0.653. The maximum atomic E-state index is 13.3. The molecule has 1 N–H and O–H groups in total. The van der Waals surface area contributed by atoms with Gasteiger partial charge in [-0.15, -0.1) is 0 Å². The Kier molecular flexibility index (Phi) is 12.7. The van der Waals surface area contributed by atoms with E-state index in [-0.39, 0.29) is 30.3 Å². The van der Waals surface area contributed by atoms with Crippen LogP contribution in [0.5, 0.6) is 0 Å². The number of fused-ring (bicyclic) bond motifs is 1. The molecule has 0 bridgehead atoms. The lowest BCUT2D eigenvalue weighted by atomic mass is 10.0. The number of carbonyl (C=O) groups is 5. The molecule has 3 rings (SSSR count). The predicted molar refractivity (Wildman–Crippen MR) is 162 cm³/mol. The SMILES string of the molecule is CCOC(=O)[C@H](CCCCCCCCCN1C(=O)c2ccccc2C1=O)N[C@@H](C)C(=O)N1CCC[C@H]1C(=O)OC(C)(C)C. The quantitative estimate of drug-likeness (QED) is 0.166. The number of unbranched alkanes of at least 4 members (excludes halogenated alkanes) is 6. The Labute approximate surface area is 255 Å². The number of hydrogen-bond donors (Lipinski definition) is 1. The molecule has 1 aromatic rings. The monoisotopic (exact) mass is 599 g/mol. The zero-order valence-corrected chi connectivity index (χ0v) is 26.5. The summed E-state index contributed by atoms with van der Waals surface area (Å²) in [5.41, 5.74) is 0.348. The van der Waals surface area contributed by atoms with Crippen LogP contribution in [0.4, 0.5) is 0 Å². The second kappa shape index (κ2) is 16.0. The Hall–Kier alpha value is -3.27. The number of esters is 2. The number of ether oxygens (including phenoxy) is 2. The van der Waals surface area contributed by atoms with Gasteiger partial charge in [0.05, 0.1) is 23.8 Å². The molecule has 0 unspecified atom stereocenters. The largest absolute Gasteiger partial charge is 0.465 e. The van der Waals surface area contributed by atoms with Crippen LogP contribution in [-0.4, -0.2) is 82.9 Å². The third-order valence-corrected chi connectivity index (χ3v) is 7.86. The summed E-state index contributed by atoms with van der Waals surface area (Å²) in [6.45, 7) is 10.1. The van der Waals surface area contributed by atoms with Crippen LogP contribution < -0.4 is 5.32 Å². The fourth-order valence-corrected chi connectivity index (χ4v) is 5.72. The van der Waals surface area contributed by atoms with Gasteiger partial charge in [-0.05, 0) is 72.4 Å². The van der Waals surface area contributed by atoms with Gasteiger partial charge in [-0.25, -0.2) is 4.79 Å². The second-order valence-corrected chi connectivity index (χ2v) is 12.5. The highest BCUT2D eigenvalue weighted by molar-refractivity contribution is 6.21. The van der Waals surface area contributed by atoms with Gasteiger partial charge in [-0.3, -0.25) is 29.4 Å². The number of rotatable bonds is 16. The first-order valence-electron chi connectivity index (χ1n) is 15.9. The summed E-state index contributed by atoms with van der Waals surface area (Å²) in [5, 5.41) is 3.17. The van der Waals surface area contributed by atoms with Crippen molar-refractivity contribution >= 4 is 29.7 Å². The molecule has 1 aromatic carbocycles. The highest BCUT2D eigenvalue weighted by Crippen LogP contribution is 2.24. The van der Waals surface area contributed by atoms with Crippen LogP contribution in [-0.2, 0) is 23.9 Å². The van der Waals surface area contributed by atoms with E-state index in [0.717, 1.165) is 51.4 Å². The van der Waals surface area contributed by atoms with Crippen molar-refractivity contribution in [3.05, 3.63) is 35.4 Å². The number of nitrogens with zero attached hydrogens (tertiary/aromatic N) is 2. The van der Waals surface area contributed by atoms with E-state index >= 15 is 0 Å². The van der Waals surface area contributed by atoms with E-state index in [9.17, 15) is 24.0 Å². The van der Waals surface area contributed by atoms with Gasteiger partial charge in [0, 0.05) is 13.1 Å². The normalized spacial score (nSPS) is 18.0. The maximum Gasteiger partial charge on any atom is 0.329 e. The highest BCUT2D eigenvalue weighted by Gasteiger charge is 2.39. The Balaban J connectivity index is 1.36.